The number of hydrogen-bond acceptors (Lipinski definition) is 5. The van der Waals surface area contributed by atoms with Gasteiger partial charge in [0.1, 0.15) is 12.3 Å². The second-order valence-electron chi connectivity index (χ2n) is 6.32. The maximum Gasteiger partial charge on any atom is 0.272 e. The number of carbonyl (C=O) groups excluding carboxylic acids is 1. The molecule has 134 valence electrons. The molecule has 3 N–H and O–H groups in total. The van der Waals surface area contributed by atoms with E-state index in [0.29, 0.717) is 22.9 Å². The minimum atomic E-state index is -0.510. The van der Waals surface area contributed by atoms with Crippen LogP contribution in [-0.4, -0.2) is 40.5 Å². The molecule has 0 unspecified atom stereocenters. The molecule has 1 heterocycles. The Hall–Kier alpha value is -2.54. The van der Waals surface area contributed by atoms with Crippen molar-refractivity contribution in [2.75, 3.05) is 13.7 Å². The molecule has 1 amide bonds. The fourth-order valence-corrected chi connectivity index (χ4v) is 3.12. The van der Waals surface area contributed by atoms with Crippen molar-refractivity contribution < 1.29 is 19.4 Å². The highest BCUT2D eigenvalue weighted by molar-refractivity contribution is 5.92. The third kappa shape index (κ3) is 3.93. The largest absolute Gasteiger partial charge is 0.493 e. The van der Waals surface area contributed by atoms with Crippen molar-refractivity contribution in [2.24, 2.45) is 0 Å². The van der Waals surface area contributed by atoms with Crippen molar-refractivity contribution in [3.8, 4) is 11.5 Å². The lowest BCUT2D eigenvalue weighted by atomic mass is 9.99. The van der Waals surface area contributed by atoms with Crippen molar-refractivity contribution in [3.05, 3.63) is 41.7 Å². The van der Waals surface area contributed by atoms with Crippen LogP contribution in [0.25, 0.3) is 0 Å². The Kier molecular flexibility index (Phi) is 5.23. The number of amides is 1. The van der Waals surface area contributed by atoms with E-state index < -0.39 is 5.54 Å². The van der Waals surface area contributed by atoms with Crippen LogP contribution in [-0.2, 0) is 6.61 Å². The molecule has 25 heavy (non-hydrogen) atoms. The summed E-state index contributed by atoms with van der Waals surface area (Å²) in [5, 5.41) is 19.4. The van der Waals surface area contributed by atoms with Crippen molar-refractivity contribution in [1.29, 1.82) is 0 Å². The van der Waals surface area contributed by atoms with Gasteiger partial charge in [-0.15, -0.1) is 0 Å². The number of methoxy groups -OCH3 is 1. The number of nitrogens with zero attached hydrogens (tertiary/aromatic N) is 1. The van der Waals surface area contributed by atoms with E-state index in [1.807, 2.05) is 24.3 Å². The monoisotopic (exact) mass is 345 g/mol. The predicted octanol–water partition coefficient (Wildman–Crippen LogP) is 2.03. The lowest BCUT2D eigenvalue weighted by Gasteiger charge is -2.27. The number of aliphatic hydroxyl groups excluding tert-OH is 1. The van der Waals surface area contributed by atoms with E-state index in [-0.39, 0.29) is 19.1 Å². The summed E-state index contributed by atoms with van der Waals surface area (Å²) in [7, 11) is 1.58. The number of aromatic nitrogens is 2. The normalized spacial score (nSPS) is 15.8. The summed E-state index contributed by atoms with van der Waals surface area (Å²) in [6.07, 6.45) is 3.62. The number of aliphatic hydroxyl groups is 1. The number of H-pyrrole nitrogens is 1. The Morgan fingerprint density at radius 2 is 2.04 bits per heavy atom. The summed E-state index contributed by atoms with van der Waals surface area (Å²) in [6.45, 7) is 0.193. The fraction of sp³-hybridized carbons (Fsp3) is 0.444. The van der Waals surface area contributed by atoms with Crippen LogP contribution in [0.3, 0.4) is 0 Å². The lowest BCUT2D eigenvalue weighted by Crippen LogP contribution is -2.49. The van der Waals surface area contributed by atoms with Gasteiger partial charge in [0.25, 0.3) is 5.91 Å². The third-order valence-corrected chi connectivity index (χ3v) is 4.56. The van der Waals surface area contributed by atoms with Crippen LogP contribution < -0.4 is 14.8 Å². The molecule has 0 saturated heterocycles. The standard InChI is InChI=1S/C18H23N3O4/c1-24-15-6-2-3-7-16(15)25-11-13-10-14(21-20-13)17(23)19-18(12-22)8-4-5-9-18/h2-3,6-7,10,22H,4-5,8-9,11-12H2,1H3,(H,19,23)(H,20,21). The van der Waals surface area contributed by atoms with Crippen LogP contribution in [0, 0.1) is 0 Å². The summed E-state index contributed by atoms with van der Waals surface area (Å²) in [4.78, 5) is 12.4. The average Bonchev–Trinajstić information content (AvgIpc) is 3.30. The van der Waals surface area contributed by atoms with Gasteiger partial charge in [-0.1, -0.05) is 25.0 Å². The maximum atomic E-state index is 12.4. The molecular formula is C18H23N3O4. The SMILES string of the molecule is COc1ccccc1OCc1cc(C(=O)NC2(CO)CCCC2)n[nH]1. The topological polar surface area (TPSA) is 96.5 Å². The zero-order valence-corrected chi connectivity index (χ0v) is 14.2. The van der Waals surface area contributed by atoms with Gasteiger partial charge in [-0.2, -0.15) is 5.10 Å². The van der Waals surface area contributed by atoms with E-state index in [2.05, 4.69) is 15.5 Å². The molecule has 1 aromatic heterocycles. The molecule has 1 aliphatic carbocycles. The first-order chi connectivity index (χ1) is 12.2. The highest BCUT2D eigenvalue weighted by Gasteiger charge is 2.35. The maximum absolute atomic E-state index is 12.4. The van der Waals surface area contributed by atoms with Crippen molar-refractivity contribution >= 4 is 5.91 Å². The van der Waals surface area contributed by atoms with Gasteiger partial charge in [-0.25, -0.2) is 0 Å². The summed E-state index contributed by atoms with van der Waals surface area (Å²) < 4.78 is 11.0. The summed E-state index contributed by atoms with van der Waals surface area (Å²) in [6, 6.07) is 9.01. The van der Waals surface area contributed by atoms with Gasteiger partial charge in [-0.05, 0) is 31.0 Å². The van der Waals surface area contributed by atoms with E-state index in [9.17, 15) is 9.90 Å². The van der Waals surface area contributed by atoms with E-state index >= 15 is 0 Å². The summed E-state index contributed by atoms with van der Waals surface area (Å²) in [5.41, 5.74) is 0.461. The second kappa shape index (κ2) is 7.57. The Labute approximate surface area is 146 Å². The van der Waals surface area contributed by atoms with Gasteiger partial charge < -0.3 is 19.9 Å². The van der Waals surface area contributed by atoms with Gasteiger partial charge in [0.05, 0.1) is 24.9 Å². The molecule has 1 aliphatic rings. The van der Waals surface area contributed by atoms with Gasteiger partial charge in [0, 0.05) is 0 Å². The molecule has 0 spiro atoms. The predicted molar refractivity (Wildman–Crippen MR) is 91.7 cm³/mol. The number of rotatable bonds is 7. The van der Waals surface area contributed by atoms with E-state index in [1.54, 1.807) is 13.2 Å². The molecule has 0 bridgehead atoms. The molecule has 1 fully saturated rings. The van der Waals surface area contributed by atoms with Gasteiger partial charge in [0.2, 0.25) is 0 Å². The number of nitrogens with one attached hydrogen (secondary N) is 2. The van der Waals surface area contributed by atoms with Crippen molar-refractivity contribution in [3.63, 3.8) is 0 Å². The van der Waals surface area contributed by atoms with Gasteiger partial charge >= 0.3 is 0 Å². The highest BCUT2D eigenvalue weighted by Crippen LogP contribution is 2.29. The Morgan fingerprint density at radius 3 is 2.72 bits per heavy atom. The minimum absolute atomic E-state index is 0.0487. The molecular weight excluding hydrogens is 322 g/mol. The van der Waals surface area contributed by atoms with Crippen LogP contribution in [0.15, 0.2) is 30.3 Å². The van der Waals surface area contributed by atoms with Gasteiger partial charge in [-0.3, -0.25) is 9.89 Å². The Bertz CT molecular complexity index is 723. The van der Waals surface area contributed by atoms with Crippen LogP contribution >= 0.6 is 0 Å². The zero-order chi connectivity index (χ0) is 17.7. The van der Waals surface area contributed by atoms with Crippen molar-refractivity contribution in [2.45, 2.75) is 37.8 Å². The number of hydrogen-bond donors (Lipinski definition) is 3. The quantitative estimate of drug-likeness (QED) is 0.713. The van der Waals surface area contributed by atoms with E-state index in [1.165, 1.54) is 0 Å². The molecule has 0 atom stereocenters. The van der Waals surface area contributed by atoms with E-state index in [4.69, 9.17) is 9.47 Å². The molecule has 2 aromatic rings. The first-order valence-electron chi connectivity index (χ1n) is 8.39. The van der Waals surface area contributed by atoms with Gasteiger partial charge in [0.15, 0.2) is 11.5 Å². The van der Waals surface area contributed by atoms with Crippen LogP contribution in [0.5, 0.6) is 11.5 Å². The smallest absolute Gasteiger partial charge is 0.272 e. The molecule has 1 saturated carbocycles. The fourth-order valence-electron chi connectivity index (χ4n) is 3.12. The molecule has 3 rings (SSSR count). The third-order valence-electron chi connectivity index (χ3n) is 4.56. The van der Waals surface area contributed by atoms with Crippen LogP contribution in [0.4, 0.5) is 0 Å². The minimum Gasteiger partial charge on any atom is -0.493 e. The van der Waals surface area contributed by atoms with E-state index in [0.717, 1.165) is 25.7 Å². The first kappa shape index (κ1) is 17.3. The number of aromatic amines is 1. The Morgan fingerprint density at radius 1 is 1.32 bits per heavy atom. The molecule has 1 aromatic carbocycles. The second-order valence-corrected chi connectivity index (χ2v) is 6.32. The van der Waals surface area contributed by atoms with Crippen LogP contribution in [0.2, 0.25) is 0 Å². The van der Waals surface area contributed by atoms with Crippen molar-refractivity contribution in [1.82, 2.24) is 15.5 Å². The molecule has 7 heteroatoms. The number of carbonyl (C=O) groups is 1. The molecule has 0 radical (unpaired) electrons. The first-order valence-corrected chi connectivity index (χ1v) is 8.39. The lowest BCUT2D eigenvalue weighted by molar-refractivity contribution is 0.0833. The number of benzene rings is 1. The summed E-state index contributed by atoms with van der Waals surface area (Å²) in [5.74, 6) is 0.984. The Balaban J connectivity index is 1.61. The number of para-hydroxylation sites is 2. The molecule has 7 nitrogen and oxygen atoms in total. The van der Waals surface area contributed by atoms with Crippen LogP contribution in [0.1, 0.15) is 41.9 Å². The highest BCUT2D eigenvalue weighted by atomic mass is 16.5. The zero-order valence-electron chi connectivity index (χ0n) is 14.2. The average molecular weight is 345 g/mol. The number of ether oxygens (including phenoxy) is 2. The molecule has 0 aliphatic heterocycles. The summed E-state index contributed by atoms with van der Waals surface area (Å²) >= 11 is 0.